The zero-order valence-corrected chi connectivity index (χ0v) is 54.6. The molecule has 0 N–H and O–H groups in total. The molecule has 2 aromatic heterocycles. The number of amides is 2. The van der Waals surface area contributed by atoms with Crippen molar-refractivity contribution >= 4 is 35.3 Å². The van der Waals surface area contributed by atoms with Crippen molar-refractivity contribution in [3.8, 4) is 22.3 Å². The van der Waals surface area contributed by atoms with E-state index in [1.165, 1.54) is 59.4 Å². The number of nitrogens with zero attached hydrogens (tertiary/aromatic N) is 8. The van der Waals surface area contributed by atoms with Crippen molar-refractivity contribution in [1.29, 1.82) is 0 Å². The molecule has 6 aromatic carbocycles. The summed E-state index contributed by atoms with van der Waals surface area (Å²) >= 11 is 2.10. The molecular formula is C74H80F8N8O4S2. The van der Waals surface area contributed by atoms with Crippen LogP contribution < -0.4 is 11.1 Å². The van der Waals surface area contributed by atoms with Crippen LogP contribution in [0.3, 0.4) is 0 Å². The van der Waals surface area contributed by atoms with Crippen molar-refractivity contribution in [1.82, 2.24) is 38.7 Å². The predicted molar refractivity (Wildman–Crippen MR) is 363 cm³/mol. The minimum Gasteiger partial charge on any atom is -0.336 e. The number of aromatic nitrogens is 4. The van der Waals surface area contributed by atoms with Gasteiger partial charge in [-0.15, -0.1) is 0 Å². The predicted octanol–water partition coefficient (Wildman–Crippen LogP) is 15.1. The summed E-state index contributed by atoms with van der Waals surface area (Å²) in [6.07, 6.45) is -6.84. The van der Waals surface area contributed by atoms with Crippen LogP contribution in [0.25, 0.3) is 22.3 Å². The van der Waals surface area contributed by atoms with Crippen molar-refractivity contribution in [2.45, 2.75) is 140 Å². The highest BCUT2D eigenvalue weighted by atomic mass is 32.2. The van der Waals surface area contributed by atoms with E-state index in [1.807, 2.05) is 0 Å². The first-order chi connectivity index (χ1) is 53.4. The Labute approximate surface area is 591 Å². The highest BCUT2D eigenvalue weighted by molar-refractivity contribution is 7.98. The summed E-state index contributed by atoms with van der Waals surface area (Å²) in [6.45, 7) is -18.1. The van der Waals surface area contributed by atoms with Gasteiger partial charge in [0, 0.05) is 86.9 Å². The van der Waals surface area contributed by atoms with Gasteiger partial charge in [-0.1, -0.05) is 136 Å². The third kappa shape index (κ3) is 18.8. The molecule has 0 atom stereocenters. The summed E-state index contributed by atoms with van der Waals surface area (Å²) in [5.74, 6) is -2.74. The fraction of sp³-hybridized carbons (Fsp3) is 0.378. The highest BCUT2D eigenvalue weighted by Crippen LogP contribution is 2.35. The van der Waals surface area contributed by atoms with E-state index in [0.29, 0.717) is 82.0 Å². The Hall–Kier alpha value is -7.92. The number of fused-ring (bicyclic) bond motifs is 2. The molecule has 2 amide bonds. The van der Waals surface area contributed by atoms with Crippen LogP contribution in [0.4, 0.5) is 35.1 Å². The summed E-state index contributed by atoms with van der Waals surface area (Å²) in [5, 5.41) is 0.128. The van der Waals surface area contributed by atoms with Crippen molar-refractivity contribution in [2.75, 3.05) is 52.1 Å². The lowest BCUT2D eigenvalue weighted by atomic mass is 9.97. The molecular weight excluding hydrogens is 1280 g/mol. The molecule has 0 fully saturated rings. The zero-order valence-electron chi connectivity index (χ0n) is 73.0. The van der Waals surface area contributed by atoms with Gasteiger partial charge in [-0.2, -0.15) is 36.3 Å². The Balaban J connectivity index is 0.000000265. The lowest BCUT2D eigenvalue weighted by Gasteiger charge is -2.28. The number of likely N-dealkylation sites (N-methyl/N-ethyl adjacent to an activating group) is 2. The monoisotopic (exact) mass is 1380 g/mol. The summed E-state index contributed by atoms with van der Waals surface area (Å²) in [7, 11) is 0. The lowest BCUT2D eigenvalue weighted by molar-refractivity contribution is -0.138. The van der Waals surface area contributed by atoms with E-state index >= 15 is 0 Å². The van der Waals surface area contributed by atoms with Gasteiger partial charge in [-0.25, -0.2) is 8.78 Å². The smallest absolute Gasteiger partial charge is 0.336 e. The van der Waals surface area contributed by atoms with Crippen molar-refractivity contribution in [2.24, 2.45) is 0 Å². The molecule has 2 heterocycles. The Morgan fingerprint density at radius 3 is 1.38 bits per heavy atom. The molecule has 2 aliphatic carbocycles. The number of benzene rings is 6. The molecule has 0 radical (unpaired) electrons. The highest BCUT2D eigenvalue weighted by Gasteiger charge is 2.32. The van der Waals surface area contributed by atoms with Gasteiger partial charge in [-0.3, -0.25) is 19.2 Å². The normalized spacial score (nSPS) is 16.9. The van der Waals surface area contributed by atoms with E-state index in [9.17, 15) is 59.8 Å². The Morgan fingerprint density at radius 2 is 0.948 bits per heavy atom. The van der Waals surface area contributed by atoms with E-state index in [4.69, 9.17) is 21.9 Å². The molecule has 8 aromatic rings. The third-order valence-corrected chi connectivity index (χ3v) is 17.7. The first-order valence-corrected chi connectivity index (χ1v) is 32.1. The second kappa shape index (κ2) is 32.9. The number of carbonyl (C=O) groups excluding carboxylic acids is 2. The third-order valence-electron chi connectivity index (χ3n) is 15.6. The maximum atomic E-state index is 14.7. The van der Waals surface area contributed by atoms with Crippen LogP contribution >= 0.6 is 23.5 Å². The molecule has 0 spiro atoms. The van der Waals surface area contributed by atoms with Gasteiger partial charge in [0.1, 0.15) is 24.7 Å². The summed E-state index contributed by atoms with van der Waals surface area (Å²) in [5.41, 5.74) is -1.41. The molecule has 2 aliphatic rings. The molecule has 0 saturated heterocycles. The van der Waals surface area contributed by atoms with Gasteiger partial charge in [0.05, 0.1) is 24.8 Å². The standard InChI is InChI=1S/2C37H40F4N4O2S/c2*1-4-43(5-2)19-20-44(22-27-11-18-31(25(3)21-27)28-12-14-29(15-13-28)37(39,40)41)34(46)23-45-33-8-6-7-32(33)35(47)42-36(45)48-24-26-9-16-30(38)17-10-26/h2*9-18,21H,4-8,19-20,22-24H2,1-3H3/i4D2,5D2,11D,18D,19D2,20D2,21D;4D2,5D2,11D,18D,21D,22D2. The molecule has 22 heteroatoms. The lowest BCUT2D eigenvalue weighted by Crippen LogP contribution is -2.40. The number of hydrogen-bond acceptors (Lipinski definition) is 10. The molecule has 0 aliphatic heterocycles. The summed E-state index contributed by atoms with van der Waals surface area (Å²) in [6, 6.07) is 14.6. The average Bonchev–Trinajstić information content (AvgIpc) is 0.835. The fourth-order valence-electron chi connectivity index (χ4n) is 10.6. The number of alkyl halides is 6. The topological polar surface area (TPSA) is 117 Å². The zero-order chi connectivity index (χ0) is 86.6. The molecule has 96 heavy (non-hydrogen) atoms. The van der Waals surface area contributed by atoms with Gasteiger partial charge in [-0.05, 0) is 183 Å². The van der Waals surface area contributed by atoms with Crippen LogP contribution in [0.1, 0.15) is 135 Å². The Kier molecular flexibility index (Phi) is 17.0. The Morgan fingerprint density at radius 1 is 0.531 bits per heavy atom. The second-order valence-electron chi connectivity index (χ2n) is 22.0. The van der Waals surface area contributed by atoms with Crippen molar-refractivity contribution < 1.29 is 72.1 Å². The minimum absolute atomic E-state index is 0.0146. The maximum Gasteiger partial charge on any atom is 0.416 e. The van der Waals surface area contributed by atoms with E-state index in [0.717, 1.165) is 105 Å². The van der Waals surface area contributed by atoms with Gasteiger partial charge in [0.25, 0.3) is 11.1 Å². The number of hydrogen-bond donors (Lipinski definition) is 0. The van der Waals surface area contributed by atoms with E-state index in [2.05, 4.69) is 9.97 Å². The van der Waals surface area contributed by atoms with Gasteiger partial charge < -0.3 is 28.7 Å². The van der Waals surface area contributed by atoms with Gasteiger partial charge in [0.2, 0.25) is 11.8 Å². The van der Waals surface area contributed by atoms with Gasteiger partial charge in [0.15, 0.2) is 10.3 Å². The summed E-state index contributed by atoms with van der Waals surface area (Å²) < 4.78 is 285. The largest absolute Gasteiger partial charge is 0.416 e. The van der Waals surface area contributed by atoms with E-state index in [-0.39, 0.29) is 60.1 Å². The number of thioether (sulfide) groups is 2. The van der Waals surface area contributed by atoms with Gasteiger partial charge >= 0.3 is 12.4 Å². The van der Waals surface area contributed by atoms with Crippen LogP contribution in [0, 0.1) is 25.5 Å². The molecule has 508 valence electrons. The fourth-order valence-corrected chi connectivity index (χ4v) is 12.6. The van der Waals surface area contributed by atoms with Crippen LogP contribution in [0.2, 0.25) is 0 Å². The molecule has 0 saturated carbocycles. The summed E-state index contributed by atoms with van der Waals surface area (Å²) in [4.78, 5) is 65.7. The Bertz CT molecular complexity index is 5060. The van der Waals surface area contributed by atoms with Crippen LogP contribution in [-0.4, -0.2) is 103 Å². The first-order valence-electron chi connectivity index (χ1n) is 40.2. The molecule has 12 nitrogen and oxygen atoms in total. The van der Waals surface area contributed by atoms with Crippen molar-refractivity contribution in [3.63, 3.8) is 0 Å². The quantitative estimate of drug-likeness (QED) is 0.0295. The number of rotatable bonds is 26. The minimum atomic E-state index is -4.67. The van der Waals surface area contributed by atoms with E-state index < -0.39 is 184 Å². The first kappa shape index (κ1) is 49.6. The van der Waals surface area contributed by atoms with Crippen LogP contribution in [0.5, 0.6) is 0 Å². The second-order valence-corrected chi connectivity index (χ2v) is 23.8. The van der Waals surface area contributed by atoms with E-state index in [1.54, 1.807) is 12.1 Å². The van der Waals surface area contributed by atoms with Crippen LogP contribution in [0.15, 0.2) is 153 Å². The molecule has 0 unspecified atom stereocenters. The number of carbonyl (C=O) groups is 2. The van der Waals surface area contributed by atoms with Crippen molar-refractivity contribution in [3.05, 3.63) is 233 Å². The SMILES string of the molecule is [2H]c1c([2H])c(-c2ccc(C(F)(F)F)cc2)c(C)c([2H])c1CN(C(=O)Cn1c(SCc2ccc(F)cc2)nc(=O)c2c1CCC2)C([2H])([2H])C([2H])([2H])N(C([2H])([2H])C)C([2H])([2H])C.[2H]c1c([2H])c(C([2H])([2H])N(CCN(C([2H])([2H])C)C([2H])([2H])C)C(=O)Cn2c(SCc3ccc(F)cc3)nc(=O)c3c2CCC3)c([2H])c(C)c1-c1ccc(C(F)(F)F)cc1. The number of halogens is 8. The van der Waals surface area contributed by atoms with Crippen LogP contribution in [-0.2, 0) is 85.3 Å². The maximum absolute atomic E-state index is 14.7. The molecule has 0 bridgehead atoms. The molecule has 10 rings (SSSR count). The average molecular weight is 1380 g/mol.